The molecule has 1 aliphatic rings. The van der Waals surface area contributed by atoms with Crippen LogP contribution in [0.25, 0.3) is 5.69 Å². The molecule has 2 aromatic carbocycles. The standard InChI is InChI=1S/C21H19N3O4/c1-27-16-9-7-15(8-10-16)24-12-22-20-19(24)17(11-18(25)23-20)13-3-5-14(6-4-13)21(26)28-2/h3-10,12,17H,11H2,1-2H3,(H,23,25)/t17-/m1/s1. The first kappa shape index (κ1) is 17.8. The molecule has 0 fully saturated rings. The molecule has 0 saturated heterocycles. The molecule has 2 heterocycles. The molecular weight excluding hydrogens is 358 g/mol. The number of benzene rings is 2. The molecule has 0 bridgehead atoms. The first-order valence-corrected chi connectivity index (χ1v) is 8.80. The number of carbonyl (C=O) groups is 2. The summed E-state index contributed by atoms with van der Waals surface area (Å²) in [5, 5.41) is 2.84. The number of ether oxygens (including phenoxy) is 2. The minimum Gasteiger partial charge on any atom is -0.497 e. The number of carbonyl (C=O) groups excluding carboxylic acids is 2. The Hall–Kier alpha value is -3.61. The second-order valence-electron chi connectivity index (χ2n) is 6.46. The molecule has 1 atom stereocenters. The molecule has 3 aromatic rings. The van der Waals surface area contributed by atoms with Crippen molar-refractivity contribution in [1.82, 2.24) is 9.55 Å². The normalized spacial score (nSPS) is 15.5. The van der Waals surface area contributed by atoms with Crippen molar-refractivity contribution in [3.63, 3.8) is 0 Å². The van der Waals surface area contributed by atoms with E-state index in [1.807, 2.05) is 41.0 Å². The van der Waals surface area contributed by atoms with Gasteiger partial charge in [0.1, 0.15) is 12.1 Å². The fourth-order valence-electron chi connectivity index (χ4n) is 3.45. The quantitative estimate of drug-likeness (QED) is 0.707. The second kappa shape index (κ2) is 7.19. The van der Waals surface area contributed by atoms with Crippen LogP contribution in [0.1, 0.15) is 34.0 Å². The number of rotatable bonds is 4. The molecule has 4 rings (SSSR count). The number of imidazole rings is 1. The van der Waals surface area contributed by atoms with Gasteiger partial charge in [0.25, 0.3) is 0 Å². The van der Waals surface area contributed by atoms with Crippen LogP contribution < -0.4 is 10.1 Å². The topological polar surface area (TPSA) is 82.5 Å². The third kappa shape index (κ3) is 3.11. The lowest BCUT2D eigenvalue weighted by Gasteiger charge is -2.25. The smallest absolute Gasteiger partial charge is 0.337 e. The van der Waals surface area contributed by atoms with Crippen molar-refractivity contribution in [1.29, 1.82) is 0 Å². The van der Waals surface area contributed by atoms with Gasteiger partial charge in [-0.2, -0.15) is 0 Å². The van der Waals surface area contributed by atoms with Crippen LogP contribution in [0.5, 0.6) is 5.75 Å². The van der Waals surface area contributed by atoms with Gasteiger partial charge in [0.15, 0.2) is 5.82 Å². The predicted molar refractivity (Wildman–Crippen MR) is 103 cm³/mol. The van der Waals surface area contributed by atoms with Crippen molar-refractivity contribution in [3.8, 4) is 11.4 Å². The van der Waals surface area contributed by atoms with Gasteiger partial charge in [-0.1, -0.05) is 12.1 Å². The van der Waals surface area contributed by atoms with Crippen LogP contribution in [-0.2, 0) is 9.53 Å². The number of nitrogens with one attached hydrogen (secondary N) is 1. The van der Waals surface area contributed by atoms with E-state index in [1.54, 1.807) is 25.6 Å². The lowest BCUT2D eigenvalue weighted by Crippen LogP contribution is -2.25. The molecule has 7 nitrogen and oxygen atoms in total. The van der Waals surface area contributed by atoms with Gasteiger partial charge >= 0.3 is 5.97 Å². The van der Waals surface area contributed by atoms with Crippen LogP contribution in [0, 0.1) is 0 Å². The lowest BCUT2D eigenvalue weighted by molar-refractivity contribution is -0.116. The van der Waals surface area contributed by atoms with Gasteiger partial charge in [0, 0.05) is 18.0 Å². The fraction of sp³-hybridized carbons (Fsp3) is 0.190. The van der Waals surface area contributed by atoms with E-state index in [1.165, 1.54) is 7.11 Å². The third-order valence-electron chi connectivity index (χ3n) is 4.87. The Morgan fingerprint density at radius 2 is 1.82 bits per heavy atom. The van der Waals surface area contributed by atoms with Crippen molar-refractivity contribution >= 4 is 17.7 Å². The summed E-state index contributed by atoms with van der Waals surface area (Å²) in [5.74, 6) is 0.654. The summed E-state index contributed by atoms with van der Waals surface area (Å²) in [6.45, 7) is 0. The average molecular weight is 377 g/mol. The molecule has 1 aliphatic heterocycles. The van der Waals surface area contributed by atoms with E-state index in [0.717, 1.165) is 22.7 Å². The number of nitrogens with zero attached hydrogens (tertiary/aromatic N) is 2. The molecule has 0 aliphatic carbocycles. The summed E-state index contributed by atoms with van der Waals surface area (Å²) in [4.78, 5) is 28.3. The van der Waals surface area contributed by atoms with Crippen LogP contribution in [0.15, 0.2) is 54.9 Å². The Morgan fingerprint density at radius 1 is 1.11 bits per heavy atom. The number of fused-ring (bicyclic) bond motifs is 1. The van der Waals surface area contributed by atoms with E-state index in [4.69, 9.17) is 9.47 Å². The Morgan fingerprint density at radius 3 is 2.46 bits per heavy atom. The Bertz CT molecular complexity index is 1020. The number of aromatic nitrogens is 2. The summed E-state index contributed by atoms with van der Waals surface area (Å²) >= 11 is 0. The first-order chi connectivity index (χ1) is 13.6. The number of hydrogen-bond acceptors (Lipinski definition) is 5. The van der Waals surface area contributed by atoms with E-state index in [9.17, 15) is 9.59 Å². The molecule has 1 N–H and O–H groups in total. The maximum atomic E-state index is 12.2. The summed E-state index contributed by atoms with van der Waals surface area (Å²) in [6, 6.07) is 14.8. The minimum absolute atomic E-state index is 0.0884. The largest absolute Gasteiger partial charge is 0.497 e. The van der Waals surface area contributed by atoms with E-state index in [0.29, 0.717) is 17.8 Å². The zero-order chi connectivity index (χ0) is 19.7. The Balaban J connectivity index is 1.76. The summed E-state index contributed by atoms with van der Waals surface area (Å²) in [7, 11) is 2.97. The number of hydrogen-bond donors (Lipinski definition) is 1. The highest BCUT2D eigenvalue weighted by molar-refractivity contribution is 5.94. The van der Waals surface area contributed by atoms with E-state index >= 15 is 0 Å². The molecule has 28 heavy (non-hydrogen) atoms. The van der Waals surface area contributed by atoms with Gasteiger partial charge in [0.05, 0.1) is 25.5 Å². The molecule has 1 amide bonds. The van der Waals surface area contributed by atoms with E-state index in [-0.39, 0.29) is 11.8 Å². The van der Waals surface area contributed by atoms with E-state index < -0.39 is 5.97 Å². The molecule has 142 valence electrons. The van der Waals surface area contributed by atoms with Gasteiger partial charge in [0.2, 0.25) is 5.91 Å². The zero-order valence-electron chi connectivity index (χ0n) is 15.5. The predicted octanol–water partition coefficient (Wildman–Crippen LogP) is 3.14. The van der Waals surface area contributed by atoms with Crippen molar-refractivity contribution in [2.75, 3.05) is 19.5 Å². The van der Waals surface area contributed by atoms with Crippen LogP contribution in [-0.4, -0.2) is 35.6 Å². The zero-order valence-corrected chi connectivity index (χ0v) is 15.5. The van der Waals surface area contributed by atoms with Crippen molar-refractivity contribution < 1.29 is 19.1 Å². The van der Waals surface area contributed by atoms with Crippen molar-refractivity contribution in [3.05, 3.63) is 71.7 Å². The van der Waals surface area contributed by atoms with Crippen LogP contribution in [0.4, 0.5) is 5.82 Å². The molecule has 0 radical (unpaired) electrons. The summed E-state index contributed by atoms with van der Waals surface area (Å²) < 4.78 is 11.9. The number of amides is 1. The molecule has 0 saturated carbocycles. The molecule has 7 heteroatoms. The second-order valence-corrected chi connectivity index (χ2v) is 6.46. The summed E-state index contributed by atoms with van der Waals surface area (Å²) in [5.41, 5.74) is 3.21. The van der Waals surface area contributed by atoms with Gasteiger partial charge in [-0.15, -0.1) is 0 Å². The highest BCUT2D eigenvalue weighted by Gasteiger charge is 2.31. The fourth-order valence-corrected chi connectivity index (χ4v) is 3.45. The maximum absolute atomic E-state index is 12.2. The van der Waals surface area contributed by atoms with Crippen molar-refractivity contribution in [2.45, 2.75) is 12.3 Å². The maximum Gasteiger partial charge on any atom is 0.337 e. The average Bonchev–Trinajstić information content (AvgIpc) is 3.16. The minimum atomic E-state index is -0.392. The van der Waals surface area contributed by atoms with Crippen molar-refractivity contribution in [2.24, 2.45) is 0 Å². The van der Waals surface area contributed by atoms with E-state index in [2.05, 4.69) is 10.3 Å². The van der Waals surface area contributed by atoms with Gasteiger partial charge in [-0.25, -0.2) is 9.78 Å². The van der Waals surface area contributed by atoms with Gasteiger partial charge in [-0.3, -0.25) is 4.79 Å². The number of anilines is 1. The highest BCUT2D eigenvalue weighted by Crippen LogP contribution is 2.38. The van der Waals surface area contributed by atoms with Crippen LogP contribution in [0.3, 0.4) is 0 Å². The van der Waals surface area contributed by atoms with Gasteiger partial charge < -0.3 is 19.4 Å². The monoisotopic (exact) mass is 377 g/mol. The van der Waals surface area contributed by atoms with Crippen LogP contribution >= 0.6 is 0 Å². The summed E-state index contributed by atoms with van der Waals surface area (Å²) in [6.07, 6.45) is 2.00. The lowest BCUT2D eigenvalue weighted by atomic mass is 9.89. The molecule has 0 unspecified atom stereocenters. The molecule has 1 aromatic heterocycles. The highest BCUT2D eigenvalue weighted by atomic mass is 16.5. The van der Waals surface area contributed by atoms with Crippen LogP contribution in [0.2, 0.25) is 0 Å². The Kier molecular flexibility index (Phi) is 4.57. The SMILES string of the molecule is COC(=O)c1ccc([C@H]2CC(=O)Nc3ncn(-c4ccc(OC)cc4)c32)cc1. The number of methoxy groups -OCH3 is 2. The Labute approximate surface area is 161 Å². The first-order valence-electron chi connectivity index (χ1n) is 8.80. The third-order valence-corrected chi connectivity index (χ3v) is 4.87. The number of esters is 1. The molecular formula is C21H19N3O4. The molecule has 0 spiro atoms. The van der Waals surface area contributed by atoms with Gasteiger partial charge in [-0.05, 0) is 42.0 Å².